The Morgan fingerprint density at radius 1 is 1.37 bits per heavy atom. The Balaban J connectivity index is 1.98. The molecule has 0 atom stereocenters. The van der Waals surface area contributed by atoms with Crippen LogP contribution < -0.4 is 0 Å². The van der Waals surface area contributed by atoms with Gasteiger partial charge in [0.05, 0.1) is 30.3 Å². The topological polar surface area (TPSA) is 64.2 Å². The van der Waals surface area contributed by atoms with Gasteiger partial charge in [0.2, 0.25) is 0 Å². The second-order valence-electron chi connectivity index (χ2n) is 6.57. The summed E-state index contributed by atoms with van der Waals surface area (Å²) in [5.41, 5.74) is 1.05. The summed E-state index contributed by atoms with van der Waals surface area (Å²) in [6.45, 7) is 3.82. The highest BCUT2D eigenvalue weighted by Crippen LogP contribution is 2.24. The maximum absolute atomic E-state index is 13.0. The lowest BCUT2D eigenvalue weighted by molar-refractivity contribution is -0.142. The number of aryl methyl sites for hydroxylation is 1. The van der Waals surface area contributed by atoms with E-state index in [1.807, 2.05) is 13.8 Å². The molecule has 0 aliphatic rings. The van der Waals surface area contributed by atoms with Crippen molar-refractivity contribution in [3.05, 3.63) is 47.7 Å². The number of halogens is 3. The third kappa shape index (κ3) is 4.12. The zero-order valence-electron chi connectivity index (χ0n) is 15.1. The Morgan fingerprint density at radius 3 is 2.70 bits per heavy atom. The average Bonchev–Trinajstić information content (AvgIpc) is 3.20. The van der Waals surface area contributed by atoms with Crippen LogP contribution in [0.1, 0.15) is 41.7 Å². The fourth-order valence-corrected chi connectivity index (χ4v) is 2.84. The molecular formula is C18H19F3N4O2. The molecule has 144 valence electrons. The Bertz CT molecular complexity index is 946. The number of amides is 1. The van der Waals surface area contributed by atoms with E-state index in [1.165, 1.54) is 18.4 Å². The Labute approximate surface area is 153 Å². The van der Waals surface area contributed by atoms with Crippen LogP contribution in [-0.4, -0.2) is 38.3 Å². The SMILES string of the molecule is Cc1nc2c(cnn2C(C)C)cc1C(=O)N(Cc1ccco1)CC(F)(F)F. The lowest BCUT2D eigenvalue weighted by Gasteiger charge is -2.23. The van der Waals surface area contributed by atoms with E-state index in [0.29, 0.717) is 21.6 Å². The lowest BCUT2D eigenvalue weighted by Crippen LogP contribution is -2.38. The number of rotatable bonds is 5. The van der Waals surface area contributed by atoms with Crippen molar-refractivity contribution in [2.45, 2.75) is 39.5 Å². The molecule has 3 aromatic heterocycles. The number of carbonyl (C=O) groups is 1. The van der Waals surface area contributed by atoms with E-state index in [9.17, 15) is 18.0 Å². The summed E-state index contributed by atoms with van der Waals surface area (Å²) in [5.74, 6) is -0.486. The number of pyridine rings is 1. The Kier molecular flexibility index (Phi) is 4.95. The van der Waals surface area contributed by atoms with E-state index in [0.717, 1.165) is 0 Å². The number of furan rings is 1. The molecule has 0 aliphatic heterocycles. The van der Waals surface area contributed by atoms with Crippen molar-refractivity contribution >= 4 is 16.9 Å². The molecule has 0 radical (unpaired) electrons. The molecule has 0 aromatic carbocycles. The predicted octanol–water partition coefficient (Wildman–Crippen LogP) is 4.12. The van der Waals surface area contributed by atoms with Gasteiger partial charge in [0.1, 0.15) is 12.3 Å². The van der Waals surface area contributed by atoms with Gasteiger partial charge in [-0.2, -0.15) is 18.3 Å². The summed E-state index contributed by atoms with van der Waals surface area (Å²) in [4.78, 5) is 18.0. The van der Waals surface area contributed by atoms with Crippen LogP contribution in [0.15, 0.2) is 35.1 Å². The number of carbonyl (C=O) groups excluding carboxylic acids is 1. The number of fused-ring (bicyclic) bond motifs is 1. The number of hydrogen-bond acceptors (Lipinski definition) is 4. The molecule has 6 nitrogen and oxygen atoms in total. The van der Waals surface area contributed by atoms with Gasteiger partial charge >= 0.3 is 6.18 Å². The van der Waals surface area contributed by atoms with Gasteiger partial charge in [0.25, 0.3) is 5.91 Å². The highest BCUT2D eigenvalue weighted by Gasteiger charge is 2.34. The van der Waals surface area contributed by atoms with E-state index < -0.39 is 18.6 Å². The van der Waals surface area contributed by atoms with Gasteiger partial charge < -0.3 is 9.32 Å². The molecule has 3 heterocycles. The van der Waals surface area contributed by atoms with Gasteiger partial charge in [-0.3, -0.25) is 4.79 Å². The maximum atomic E-state index is 13.0. The molecule has 1 amide bonds. The zero-order chi connectivity index (χ0) is 19.8. The minimum atomic E-state index is -4.53. The fraction of sp³-hybridized carbons (Fsp3) is 0.389. The first-order chi connectivity index (χ1) is 12.7. The van der Waals surface area contributed by atoms with Gasteiger partial charge in [-0.05, 0) is 39.0 Å². The Morgan fingerprint density at radius 2 is 2.11 bits per heavy atom. The molecule has 0 aliphatic carbocycles. The first-order valence-corrected chi connectivity index (χ1v) is 8.39. The van der Waals surface area contributed by atoms with Gasteiger partial charge in [0.15, 0.2) is 5.65 Å². The predicted molar refractivity (Wildman–Crippen MR) is 92.2 cm³/mol. The number of nitrogens with zero attached hydrogens (tertiary/aromatic N) is 4. The molecule has 0 bridgehead atoms. The van der Waals surface area contributed by atoms with Gasteiger partial charge in [-0.15, -0.1) is 0 Å². The summed E-state index contributed by atoms with van der Waals surface area (Å²) in [6, 6.07) is 4.69. The third-order valence-electron chi connectivity index (χ3n) is 4.06. The van der Waals surface area contributed by atoms with Crippen molar-refractivity contribution < 1.29 is 22.4 Å². The Hall–Kier alpha value is -2.84. The molecule has 0 fully saturated rings. The number of aromatic nitrogens is 3. The van der Waals surface area contributed by atoms with Gasteiger partial charge in [0, 0.05) is 11.4 Å². The third-order valence-corrected chi connectivity index (χ3v) is 4.06. The van der Waals surface area contributed by atoms with E-state index in [4.69, 9.17) is 4.42 Å². The van der Waals surface area contributed by atoms with E-state index >= 15 is 0 Å². The minimum absolute atomic E-state index is 0.0663. The molecule has 0 unspecified atom stereocenters. The molecule has 0 spiro atoms. The smallest absolute Gasteiger partial charge is 0.406 e. The number of hydrogen-bond donors (Lipinski definition) is 0. The monoisotopic (exact) mass is 380 g/mol. The van der Waals surface area contributed by atoms with Gasteiger partial charge in [-0.1, -0.05) is 0 Å². The van der Waals surface area contributed by atoms with Crippen LogP contribution in [0.4, 0.5) is 13.2 Å². The van der Waals surface area contributed by atoms with E-state index in [2.05, 4.69) is 10.1 Å². The summed E-state index contributed by atoms with van der Waals surface area (Å²) >= 11 is 0. The van der Waals surface area contributed by atoms with Crippen LogP contribution in [0.3, 0.4) is 0 Å². The molecule has 0 saturated heterocycles. The maximum Gasteiger partial charge on any atom is 0.406 e. The van der Waals surface area contributed by atoms with Crippen LogP contribution in [0.25, 0.3) is 11.0 Å². The molecule has 3 rings (SSSR count). The highest BCUT2D eigenvalue weighted by molar-refractivity contribution is 5.98. The largest absolute Gasteiger partial charge is 0.467 e. The van der Waals surface area contributed by atoms with Crippen LogP contribution in [0.5, 0.6) is 0 Å². The van der Waals surface area contributed by atoms with Crippen molar-refractivity contribution in [3.63, 3.8) is 0 Å². The molecular weight excluding hydrogens is 361 g/mol. The van der Waals surface area contributed by atoms with Crippen molar-refractivity contribution in [1.82, 2.24) is 19.7 Å². The quantitative estimate of drug-likeness (QED) is 0.668. The second kappa shape index (κ2) is 7.05. The fourth-order valence-electron chi connectivity index (χ4n) is 2.84. The summed E-state index contributed by atoms with van der Waals surface area (Å²) in [5, 5.41) is 4.84. The summed E-state index contributed by atoms with van der Waals surface area (Å²) in [6.07, 6.45) is -1.62. The molecule has 3 aromatic rings. The normalized spacial score (nSPS) is 12.1. The van der Waals surface area contributed by atoms with Crippen molar-refractivity contribution in [1.29, 1.82) is 0 Å². The second-order valence-corrected chi connectivity index (χ2v) is 6.57. The molecule has 27 heavy (non-hydrogen) atoms. The van der Waals surface area contributed by atoms with E-state index in [-0.39, 0.29) is 23.9 Å². The minimum Gasteiger partial charge on any atom is -0.467 e. The summed E-state index contributed by atoms with van der Waals surface area (Å²) < 4.78 is 45.8. The summed E-state index contributed by atoms with van der Waals surface area (Å²) in [7, 11) is 0. The van der Waals surface area contributed by atoms with Crippen LogP contribution in [-0.2, 0) is 6.54 Å². The first-order valence-electron chi connectivity index (χ1n) is 8.39. The van der Waals surface area contributed by atoms with Crippen molar-refractivity contribution in [2.75, 3.05) is 6.54 Å². The molecule has 0 saturated carbocycles. The first kappa shape index (κ1) is 18.9. The average molecular weight is 380 g/mol. The van der Waals surface area contributed by atoms with E-state index in [1.54, 1.807) is 23.9 Å². The zero-order valence-corrected chi connectivity index (χ0v) is 15.1. The lowest BCUT2D eigenvalue weighted by atomic mass is 10.1. The molecule has 0 N–H and O–H groups in total. The van der Waals surface area contributed by atoms with Gasteiger partial charge in [-0.25, -0.2) is 9.67 Å². The highest BCUT2D eigenvalue weighted by atomic mass is 19.4. The van der Waals surface area contributed by atoms with Crippen molar-refractivity contribution in [2.24, 2.45) is 0 Å². The standard InChI is InChI=1S/C18H19F3N4O2/c1-11(2)25-16-13(8-22-25)7-15(12(3)23-16)17(26)24(10-18(19,20)21)9-14-5-4-6-27-14/h4-8,11H,9-10H2,1-3H3. The van der Waals surface area contributed by atoms with Crippen LogP contribution >= 0.6 is 0 Å². The van der Waals surface area contributed by atoms with Crippen LogP contribution in [0.2, 0.25) is 0 Å². The van der Waals surface area contributed by atoms with Crippen LogP contribution in [0, 0.1) is 6.92 Å². The number of alkyl halides is 3. The van der Waals surface area contributed by atoms with Crippen molar-refractivity contribution in [3.8, 4) is 0 Å². The molecule has 9 heteroatoms.